The van der Waals surface area contributed by atoms with Gasteiger partial charge < -0.3 is 14.8 Å². The number of benzene rings is 4. The smallest absolute Gasteiger partial charge is 0.345 e. The molecular weight excluding hydrogens is 624 g/mol. The molecule has 0 aromatic heterocycles. The maximum absolute atomic E-state index is 12.7. The minimum atomic E-state index is -0.680. The monoisotopic (exact) mass is 643 g/mol. The summed E-state index contributed by atoms with van der Waals surface area (Å²) in [6.07, 6.45) is 1.40. The Balaban J connectivity index is 1.41. The first-order chi connectivity index (χ1) is 20.1. The van der Waals surface area contributed by atoms with Crippen LogP contribution in [0.1, 0.15) is 43.6 Å². The molecule has 0 aliphatic heterocycles. The number of nitrogens with zero attached hydrogens (tertiary/aromatic N) is 1. The first kappa shape index (κ1) is 30.9. The zero-order valence-corrected chi connectivity index (χ0v) is 24.8. The van der Waals surface area contributed by atoms with Gasteiger partial charge in [0.05, 0.1) is 34.0 Å². The summed E-state index contributed by atoms with van der Waals surface area (Å²) >= 11 is 24.0. The lowest BCUT2D eigenvalue weighted by atomic mass is 10.1. The van der Waals surface area contributed by atoms with E-state index in [2.05, 4.69) is 15.8 Å². The molecule has 0 saturated carbocycles. The molecule has 0 saturated heterocycles. The number of amides is 2. The molecular formula is C30H21Cl4N3O5. The Morgan fingerprint density at radius 2 is 1.48 bits per heavy atom. The lowest BCUT2D eigenvalue weighted by Gasteiger charge is -2.12. The topological polar surface area (TPSA) is 106 Å². The Labute approximate surface area is 261 Å². The minimum Gasteiger partial charge on any atom is -0.490 e. The van der Waals surface area contributed by atoms with Gasteiger partial charge in [0.25, 0.3) is 11.8 Å². The van der Waals surface area contributed by atoms with Gasteiger partial charge >= 0.3 is 5.97 Å². The molecule has 0 bridgehead atoms. The van der Waals surface area contributed by atoms with E-state index in [9.17, 15) is 14.4 Å². The second-order valence-electron chi connectivity index (χ2n) is 8.51. The highest BCUT2D eigenvalue weighted by Gasteiger charge is 2.17. The van der Waals surface area contributed by atoms with Crippen LogP contribution in [0.25, 0.3) is 0 Å². The van der Waals surface area contributed by atoms with Crippen LogP contribution in [0.4, 0.5) is 5.69 Å². The quantitative estimate of drug-likeness (QED) is 0.0833. The predicted octanol–water partition coefficient (Wildman–Crippen LogP) is 7.93. The number of carbonyl (C=O) groups excluding carboxylic acids is 3. The van der Waals surface area contributed by atoms with Crippen LogP contribution >= 0.6 is 46.4 Å². The number of hydrazone groups is 1. The van der Waals surface area contributed by atoms with Crippen LogP contribution in [-0.2, 0) is 0 Å². The van der Waals surface area contributed by atoms with Crippen LogP contribution in [0.15, 0.2) is 84.0 Å². The van der Waals surface area contributed by atoms with Crippen molar-refractivity contribution in [2.24, 2.45) is 5.10 Å². The molecule has 0 spiro atoms. The predicted molar refractivity (Wildman–Crippen MR) is 165 cm³/mol. The average Bonchev–Trinajstić information content (AvgIpc) is 2.94. The van der Waals surface area contributed by atoms with Gasteiger partial charge in [-0.2, -0.15) is 5.10 Å². The fraction of sp³-hybridized carbons (Fsp3) is 0.0667. The Bertz CT molecular complexity index is 1690. The second-order valence-corrected chi connectivity index (χ2v) is 10.2. The van der Waals surface area contributed by atoms with Gasteiger partial charge in [-0.05, 0) is 85.3 Å². The maximum Gasteiger partial charge on any atom is 0.345 e. The van der Waals surface area contributed by atoms with E-state index in [4.69, 9.17) is 55.9 Å². The molecule has 4 aromatic rings. The van der Waals surface area contributed by atoms with Gasteiger partial charge in [-0.3, -0.25) is 9.59 Å². The third-order valence-electron chi connectivity index (χ3n) is 5.56. The lowest BCUT2D eigenvalue weighted by molar-refractivity contribution is 0.0728. The molecule has 0 unspecified atom stereocenters. The molecule has 0 aliphatic rings. The molecule has 2 N–H and O–H groups in total. The fourth-order valence-corrected chi connectivity index (χ4v) is 4.59. The van der Waals surface area contributed by atoms with E-state index < -0.39 is 17.8 Å². The molecule has 0 heterocycles. The molecule has 12 heteroatoms. The highest BCUT2D eigenvalue weighted by atomic mass is 35.5. The summed E-state index contributed by atoms with van der Waals surface area (Å²) in [6.45, 7) is 2.09. The number of nitrogens with one attached hydrogen (secondary N) is 2. The summed E-state index contributed by atoms with van der Waals surface area (Å²) in [7, 11) is 0. The molecule has 0 fully saturated rings. The molecule has 0 radical (unpaired) electrons. The van der Waals surface area contributed by atoms with Crippen LogP contribution in [0.5, 0.6) is 11.5 Å². The van der Waals surface area contributed by atoms with E-state index in [0.29, 0.717) is 27.9 Å². The third-order valence-corrected chi connectivity index (χ3v) is 6.66. The summed E-state index contributed by atoms with van der Waals surface area (Å²) < 4.78 is 11.1. The molecule has 0 aliphatic carbocycles. The molecule has 4 rings (SSSR count). The number of hydrogen-bond acceptors (Lipinski definition) is 6. The molecule has 214 valence electrons. The first-order valence-electron chi connectivity index (χ1n) is 12.3. The van der Waals surface area contributed by atoms with Crippen molar-refractivity contribution in [3.8, 4) is 11.5 Å². The molecule has 8 nitrogen and oxygen atoms in total. The van der Waals surface area contributed by atoms with E-state index in [1.165, 1.54) is 48.7 Å². The van der Waals surface area contributed by atoms with Crippen molar-refractivity contribution in [1.82, 2.24) is 5.43 Å². The molecule has 2 amide bonds. The molecule has 0 atom stereocenters. The van der Waals surface area contributed by atoms with Crippen LogP contribution in [0.2, 0.25) is 20.1 Å². The van der Waals surface area contributed by atoms with Crippen molar-refractivity contribution in [3.05, 3.63) is 121 Å². The van der Waals surface area contributed by atoms with Crippen molar-refractivity contribution in [3.63, 3.8) is 0 Å². The van der Waals surface area contributed by atoms with Gasteiger partial charge in [0, 0.05) is 21.3 Å². The normalized spacial score (nSPS) is 10.8. The van der Waals surface area contributed by atoms with Gasteiger partial charge in [-0.25, -0.2) is 10.2 Å². The molecule has 4 aromatic carbocycles. The van der Waals surface area contributed by atoms with Gasteiger partial charge in [0.15, 0.2) is 11.5 Å². The van der Waals surface area contributed by atoms with Gasteiger partial charge in [-0.15, -0.1) is 0 Å². The summed E-state index contributed by atoms with van der Waals surface area (Å²) in [5.74, 6) is -1.19. The first-order valence-corrected chi connectivity index (χ1v) is 13.8. The maximum atomic E-state index is 12.7. The van der Waals surface area contributed by atoms with E-state index in [-0.39, 0.29) is 38.2 Å². The summed E-state index contributed by atoms with van der Waals surface area (Å²) in [5.41, 5.74) is 4.02. The Morgan fingerprint density at radius 1 is 0.786 bits per heavy atom. The van der Waals surface area contributed by atoms with Crippen molar-refractivity contribution in [2.75, 3.05) is 11.9 Å². The van der Waals surface area contributed by atoms with Crippen LogP contribution < -0.4 is 20.2 Å². The number of ether oxygens (including phenoxy) is 2. The zero-order chi connectivity index (χ0) is 30.2. The number of rotatable bonds is 9. The number of halogens is 4. The average molecular weight is 645 g/mol. The Kier molecular flexibility index (Phi) is 10.4. The standard InChI is InChI=1S/C30H21Cl4N3O5/c1-2-41-27-12-17(6-11-26(27)42-30(40)23-10-8-20(32)15-25(23)34)16-35-37-28(38)18-4-3-5-21(13-18)36-29(39)22-9-7-19(31)14-24(22)33/h3-16H,2H2,1H3,(H,36,39)(H,37,38). The minimum absolute atomic E-state index is 0.147. The van der Waals surface area contributed by atoms with Gasteiger partial charge in [0.2, 0.25) is 0 Å². The number of anilines is 1. The van der Waals surface area contributed by atoms with Crippen LogP contribution in [-0.4, -0.2) is 30.6 Å². The highest BCUT2D eigenvalue weighted by Crippen LogP contribution is 2.30. The summed E-state index contributed by atoms with van der Waals surface area (Å²) in [4.78, 5) is 37.9. The molecule has 42 heavy (non-hydrogen) atoms. The van der Waals surface area contributed by atoms with Crippen molar-refractivity contribution in [1.29, 1.82) is 0 Å². The number of carbonyl (C=O) groups is 3. The second kappa shape index (κ2) is 14.2. The summed E-state index contributed by atoms with van der Waals surface area (Å²) in [5, 5.41) is 7.86. The summed E-state index contributed by atoms with van der Waals surface area (Å²) in [6, 6.07) is 20.1. The van der Waals surface area contributed by atoms with E-state index in [1.54, 1.807) is 43.3 Å². The Hall–Kier alpha value is -4.08. The van der Waals surface area contributed by atoms with Crippen molar-refractivity contribution in [2.45, 2.75) is 6.92 Å². The SMILES string of the molecule is CCOc1cc(C=NNC(=O)c2cccc(NC(=O)c3ccc(Cl)cc3Cl)c2)ccc1OC(=O)c1ccc(Cl)cc1Cl. The van der Waals surface area contributed by atoms with E-state index in [0.717, 1.165) is 0 Å². The highest BCUT2D eigenvalue weighted by molar-refractivity contribution is 6.37. The lowest BCUT2D eigenvalue weighted by Crippen LogP contribution is -2.18. The Morgan fingerprint density at radius 3 is 2.14 bits per heavy atom. The van der Waals surface area contributed by atoms with Crippen LogP contribution in [0.3, 0.4) is 0 Å². The van der Waals surface area contributed by atoms with Crippen molar-refractivity contribution >= 4 is 76.1 Å². The van der Waals surface area contributed by atoms with Gasteiger partial charge in [0.1, 0.15) is 0 Å². The van der Waals surface area contributed by atoms with E-state index in [1.807, 2.05) is 0 Å². The number of hydrogen-bond donors (Lipinski definition) is 2. The fourth-order valence-electron chi connectivity index (χ4n) is 3.61. The van der Waals surface area contributed by atoms with Gasteiger partial charge in [-0.1, -0.05) is 52.5 Å². The third kappa shape index (κ3) is 8.02. The largest absolute Gasteiger partial charge is 0.490 e. The van der Waals surface area contributed by atoms with E-state index >= 15 is 0 Å². The van der Waals surface area contributed by atoms with Crippen molar-refractivity contribution < 1.29 is 23.9 Å². The zero-order valence-electron chi connectivity index (χ0n) is 21.8. The van der Waals surface area contributed by atoms with Crippen LogP contribution in [0, 0.1) is 0 Å². The number of esters is 1.